The van der Waals surface area contributed by atoms with E-state index in [0.717, 1.165) is 42.5 Å². The fourth-order valence-corrected chi connectivity index (χ4v) is 4.68. The fourth-order valence-electron chi connectivity index (χ4n) is 4.68. The zero-order valence-corrected chi connectivity index (χ0v) is 23.7. The lowest BCUT2D eigenvalue weighted by Gasteiger charge is -2.32. The highest BCUT2D eigenvalue weighted by atomic mass is 16.5. The third-order valence-corrected chi connectivity index (χ3v) is 7.06. The van der Waals surface area contributed by atoms with Crippen molar-refractivity contribution in [2.75, 3.05) is 55.9 Å². The highest BCUT2D eigenvalue weighted by molar-refractivity contribution is 6.08. The summed E-state index contributed by atoms with van der Waals surface area (Å²) in [5.74, 6) is 2.37. The number of nitrogens with zero attached hydrogens (tertiary/aromatic N) is 4. The molecule has 0 spiro atoms. The van der Waals surface area contributed by atoms with Crippen molar-refractivity contribution in [1.82, 2.24) is 14.9 Å². The lowest BCUT2D eigenvalue weighted by Crippen LogP contribution is -2.45. The second kappa shape index (κ2) is 11.4. The van der Waals surface area contributed by atoms with Gasteiger partial charge in [-0.1, -0.05) is 51.1 Å². The van der Waals surface area contributed by atoms with Crippen LogP contribution in [0.15, 0.2) is 66.9 Å². The number of methoxy groups -OCH3 is 1. The van der Waals surface area contributed by atoms with Crippen molar-refractivity contribution in [3.05, 3.63) is 72.4 Å². The molecule has 2 amide bonds. The van der Waals surface area contributed by atoms with Crippen molar-refractivity contribution in [3.8, 4) is 17.4 Å². The summed E-state index contributed by atoms with van der Waals surface area (Å²) in [5, 5.41) is 7.64. The molecule has 1 fully saturated rings. The van der Waals surface area contributed by atoms with E-state index >= 15 is 0 Å². The van der Waals surface area contributed by atoms with Crippen LogP contribution in [0.4, 0.5) is 22.1 Å². The summed E-state index contributed by atoms with van der Waals surface area (Å²) < 4.78 is 11.7. The van der Waals surface area contributed by atoms with Gasteiger partial charge < -0.3 is 29.9 Å². The zero-order valence-electron chi connectivity index (χ0n) is 23.7. The van der Waals surface area contributed by atoms with E-state index in [-0.39, 0.29) is 11.4 Å². The van der Waals surface area contributed by atoms with Crippen LogP contribution < -0.4 is 25.0 Å². The van der Waals surface area contributed by atoms with E-state index < -0.39 is 0 Å². The minimum atomic E-state index is -0.365. The number of aromatic nitrogens is 2. The molecule has 9 heteroatoms. The third-order valence-electron chi connectivity index (χ3n) is 7.06. The molecule has 0 unspecified atom stereocenters. The molecule has 9 nitrogen and oxygen atoms in total. The summed E-state index contributed by atoms with van der Waals surface area (Å²) in [6, 6.07) is 18.7. The maximum atomic E-state index is 13.1. The van der Waals surface area contributed by atoms with E-state index in [1.807, 2.05) is 54.6 Å². The molecule has 4 aromatic rings. The molecule has 0 atom stereocenters. The Labute approximate surface area is 235 Å². The number of carbonyl (C=O) groups is 1. The Morgan fingerprint density at radius 3 is 2.30 bits per heavy atom. The van der Waals surface area contributed by atoms with Crippen LogP contribution in [0.5, 0.6) is 17.4 Å². The molecule has 0 radical (unpaired) electrons. The summed E-state index contributed by atoms with van der Waals surface area (Å²) in [7, 11) is 3.71. The van der Waals surface area contributed by atoms with Crippen molar-refractivity contribution >= 4 is 34.1 Å². The second-order valence-corrected chi connectivity index (χ2v) is 11.0. The number of hydrogen-bond donors (Lipinski definition) is 2. The highest BCUT2D eigenvalue weighted by Crippen LogP contribution is 2.35. The number of urea groups is 1. The number of anilines is 3. The van der Waals surface area contributed by atoms with Gasteiger partial charge in [-0.05, 0) is 42.3 Å². The van der Waals surface area contributed by atoms with E-state index in [2.05, 4.69) is 58.2 Å². The Kier molecular flexibility index (Phi) is 7.75. The van der Waals surface area contributed by atoms with Crippen LogP contribution in [-0.4, -0.2) is 61.2 Å². The molecule has 2 N–H and O–H groups in total. The topological polar surface area (TPSA) is 91.8 Å². The molecule has 1 aliphatic rings. The van der Waals surface area contributed by atoms with Gasteiger partial charge in [0.25, 0.3) is 0 Å². The first-order chi connectivity index (χ1) is 19.2. The third kappa shape index (κ3) is 6.10. The maximum Gasteiger partial charge on any atom is 0.323 e. The van der Waals surface area contributed by atoms with Gasteiger partial charge in [-0.25, -0.2) is 9.78 Å². The molecular weight excluding hydrogens is 504 g/mol. The Morgan fingerprint density at radius 1 is 0.875 bits per heavy atom. The van der Waals surface area contributed by atoms with Crippen LogP contribution in [0, 0.1) is 0 Å². The summed E-state index contributed by atoms with van der Waals surface area (Å²) in [6.45, 7) is 10.1. The van der Waals surface area contributed by atoms with Crippen molar-refractivity contribution in [1.29, 1.82) is 0 Å². The van der Waals surface area contributed by atoms with Gasteiger partial charge in [0.1, 0.15) is 11.5 Å². The normalized spacial score (nSPS) is 14.2. The smallest absolute Gasteiger partial charge is 0.323 e. The summed E-state index contributed by atoms with van der Waals surface area (Å²) >= 11 is 0. The average Bonchev–Trinajstić information content (AvgIpc) is 2.94. The van der Waals surface area contributed by atoms with E-state index in [0.29, 0.717) is 34.7 Å². The van der Waals surface area contributed by atoms with Gasteiger partial charge in [0.05, 0.1) is 18.5 Å². The van der Waals surface area contributed by atoms with Crippen molar-refractivity contribution in [3.63, 3.8) is 0 Å². The highest BCUT2D eigenvalue weighted by Gasteiger charge is 2.19. The van der Waals surface area contributed by atoms with Crippen molar-refractivity contribution in [2.24, 2.45) is 0 Å². The Balaban J connectivity index is 1.36. The van der Waals surface area contributed by atoms with Crippen LogP contribution in [0.1, 0.15) is 26.3 Å². The number of carbonyl (C=O) groups excluding carboxylic acids is 1. The van der Waals surface area contributed by atoms with Crippen LogP contribution in [0.25, 0.3) is 10.8 Å². The first-order valence-corrected chi connectivity index (χ1v) is 13.4. The van der Waals surface area contributed by atoms with Crippen LogP contribution in [0.3, 0.4) is 0 Å². The van der Waals surface area contributed by atoms with Crippen molar-refractivity contribution in [2.45, 2.75) is 26.2 Å². The van der Waals surface area contributed by atoms with Gasteiger partial charge >= 0.3 is 6.03 Å². The van der Waals surface area contributed by atoms with Gasteiger partial charge in [-0.15, -0.1) is 0 Å². The number of benzene rings is 3. The van der Waals surface area contributed by atoms with E-state index in [1.54, 1.807) is 19.4 Å². The molecule has 2 heterocycles. The number of amides is 2. The van der Waals surface area contributed by atoms with Gasteiger partial charge in [0.15, 0.2) is 0 Å². The number of likely N-dealkylation sites (N-methyl/N-ethyl adjacent to an activating group) is 1. The van der Waals surface area contributed by atoms with Gasteiger partial charge in [0, 0.05) is 49.2 Å². The number of ether oxygens (including phenoxy) is 2. The SMILES string of the molecule is COc1ccc(C(C)(C)C)cc1NC(=O)Nc1ccc(Oc2ccnc(N3CCN(C)CC3)n2)c2ccccc12. The zero-order chi connectivity index (χ0) is 28.3. The molecule has 1 aliphatic heterocycles. The Morgan fingerprint density at radius 2 is 1.57 bits per heavy atom. The Hall–Kier alpha value is -4.37. The number of rotatable bonds is 6. The van der Waals surface area contributed by atoms with E-state index in [9.17, 15) is 4.79 Å². The van der Waals surface area contributed by atoms with Crippen LogP contribution in [0.2, 0.25) is 0 Å². The monoisotopic (exact) mass is 540 g/mol. The largest absolute Gasteiger partial charge is 0.495 e. The summed E-state index contributed by atoms with van der Waals surface area (Å²) in [6.07, 6.45) is 1.72. The number of nitrogens with one attached hydrogen (secondary N) is 2. The first kappa shape index (κ1) is 27.2. The standard InChI is InChI=1S/C31H36N6O3/c1-31(2,3)21-10-12-27(39-5)25(20-21)34-30(38)33-24-11-13-26(23-9-7-6-8-22(23)24)40-28-14-15-32-29(35-28)37-18-16-36(4)17-19-37/h6-15,20H,16-19H2,1-5H3,(H2,33,34,38). The van der Waals surface area contributed by atoms with Gasteiger partial charge in [-0.3, -0.25) is 0 Å². The molecule has 0 bridgehead atoms. The summed E-state index contributed by atoms with van der Waals surface area (Å²) in [4.78, 5) is 26.7. The predicted octanol–water partition coefficient (Wildman–Crippen LogP) is 6.12. The van der Waals surface area contributed by atoms with E-state index in [1.165, 1.54) is 0 Å². The number of hydrogen-bond acceptors (Lipinski definition) is 7. The molecule has 5 rings (SSSR count). The maximum absolute atomic E-state index is 13.1. The number of piperazine rings is 1. The second-order valence-electron chi connectivity index (χ2n) is 11.0. The molecule has 0 aliphatic carbocycles. The summed E-state index contributed by atoms with van der Waals surface area (Å²) in [5.41, 5.74) is 2.29. The molecule has 1 saturated heterocycles. The molecular formula is C31H36N6O3. The quantitative estimate of drug-likeness (QED) is 0.304. The molecule has 208 valence electrons. The van der Waals surface area contributed by atoms with Gasteiger partial charge in [0.2, 0.25) is 11.8 Å². The minimum absolute atomic E-state index is 0.0693. The van der Waals surface area contributed by atoms with Gasteiger partial charge in [-0.2, -0.15) is 4.98 Å². The van der Waals surface area contributed by atoms with Crippen LogP contribution >= 0.6 is 0 Å². The molecule has 3 aromatic carbocycles. The molecule has 40 heavy (non-hydrogen) atoms. The van der Waals surface area contributed by atoms with Crippen LogP contribution in [-0.2, 0) is 5.41 Å². The average molecular weight is 541 g/mol. The fraction of sp³-hybridized carbons (Fsp3) is 0.323. The minimum Gasteiger partial charge on any atom is -0.495 e. The molecule has 0 saturated carbocycles. The lowest BCUT2D eigenvalue weighted by atomic mass is 9.87. The molecule has 1 aromatic heterocycles. The first-order valence-electron chi connectivity index (χ1n) is 13.4. The van der Waals surface area contributed by atoms with E-state index in [4.69, 9.17) is 9.47 Å². The van der Waals surface area contributed by atoms with Crippen molar-refractivity contribution < 1.29 is 14.3 Å². The Bertz CT molecular complexity index is 1510. The predicted molar refractivity (Wildman–Crippen MR) is 160 cm³/mol. The number of fused-ring (bicyclic) bond motifs is 1. The lowest BCUT2D eigenvalue weighted by molar-refractivity contribution is 0.262.